The molecule has 0 saturated carbocycles. The van der Waals surface area contributed by atoms with Gasteiger partial charge in [-0.15, -0.1) is 9.61 Å². The molecule has 0 saturated heterocycles. The van der Waals surface area contributed by atoms with E-state index in [-0.39, 0.29) is 5.69 Å². The van der Waals surface area contributed by atoms with E-state index < -0.39 is 0 Å². The summed E-state index contributed by atoms with van der Waals surface area (Å²) in [4.78, 5) is 22.5. The number of fused-ring (bicyclic) bond motifs is 3. The lowest BCUT2D eigenvalue weighted by Gasteiger charge is -2.01. The summed E-state index contributed by atoms with van der Waals surface area (Å²) >= 11 is 0. The van der Waals surface area contributed by atoms with Crippen molar-refractivity contribution in [3.8, 4) is 0 Å². The van der Waals surface area contributed by atoms with Gasteiger partial charge in [-0.3, -0.25) is 4.98 Å². The van der Waals surface area contributed by atoms with Gasteiger partial charge in [0.15, 0.2) is 6.33 Å². The number of aromatic nitrogens is 6. The first-order chi connectivity index (χ1) is 8.83. The summed E-state index contributed by atoms with van der Waals surface area (Å²) in [6.07, 6.45) is 6.31. The zero-order valence-electron chi connectivity index (χ0n) is 10.2. The molecule has 3 aromatic heterocycles. The average Bonchev–Trinajstić information content (AvgIpc) is 3.00. The van der Waals surface area contributed by atoms with Gasteiger partial charge in [-0.2, -0.15) is 0 Å². The smallest absolute Gasteiger partial charge is 0.271 e. The van der Waals surface area contributed by atoms with Gasteiger partial charge < -0.3 is 0 Å². The van der Waals surface area contributed by atoms with Crippen LogP contribution >= 0.6 is 0 Å². The number of nitrogens with one attached hydrogen (secondary N) is 2. The van der Waals surface area contributed by atoms with Crippen LogP contribution in [0.5, 0.6) is 0 Å². The third kappa shape index (κ3) is 1.51. The first-order valence-electron chi connectivity index (χ1n) is 6.14. The Hall–Kier alpha value is -2.18. The molecule has 0 unspecified atom stereocenters. The summed E-state index contributed by atoms with van der Waals surface area (Å²) in [5.74, 6) is 0. The van der Waals surface area contributed by atoms with Crippen LogP contribution in [-0.4, -0.2) is 24.1 Å². The molecule has 0 aromatic carbocycles. The van der Waals surface area contributed by atoms with Crippen LogP contribution in [0.25, 0.3) is 16.8 Å². The van der Waals surface area contributed by atoms with Gasteiger partial charge in [0.2, 0.25) is 11.2 Å². The lowest BCUT2D eigenvalue weighted by atomic mass is 10.2. The molecule has 3 rings (SSSR count). The Bertz CT molecular complexity index is 737. The van der Waals surface area contributed by atoms with Crippen LogP contribution < -0.4 is 10.7 Å². The molecule has 2 N–H and O–H groups in total. The molecule has 0 aliphatic heterocycles. The van der Waals surface area contributed by atoms with E-state index >= 15 is 0 Å². The van der Waals surface area contributed by atoms with Crippen LogP contribution in [0.4, 0.5) is 0 Å². The van der Waals surface area contributed by atoms with Crippen LogP contribution in [0.15, 0.2) is 17.4 Å². The van der Waals surface area contributed by atoms with Crippen LogP contribution in [0.2, 0.25) is 0 Å². The number of rotatable bonds is 4. The number of hydrogen-bond donors (Lipinski definition) is 1. The molecule has 0 aliphatic carbocycles. The minimum Gasteiger partial charge on any atom is -0.271 e. The van der Waals surface area contributed by atoms with Gasteiger partial charge in [-0.1, -0.05) is 19.8 Å². The van der Waals surface area contributed by atoms with E-state index in [0.717, 1.165) is 30.4 Å². The van der Waals surface area contributed by atoms with Crippen LogP contribution in [-0.2, 0) is 6.54 Å². The molecule has 94 valence electrons. The molecule has 0 aliphatic rings. The number of aromatic amines is 2. The molecule has 0 bridgehead atoms. The molecule has 3 heterocycles. The maximum Gasteiger partial charge on any atom is 0.409 e. The Labute approximate surface area is 102 Å². The molecule has 7 heteroatoms. The number of nitrogens with zero attached hydrogens (tertiary/aromatic N) is 4. The van der Waals surface area contributed by atoms with E-state index in [1.807, 2.05) is 0 Å². The Morgan fingerprint density at radius 1 is 1.44 bits per heavy atom. The molecule has 0 radical (unpaired) electrons. The van der Waals surface area contributed by atoms with Gasteiger partial charge in [0.25, 0.3) is 5.65 Å². The Morgan fingerprint density at radius 2 is 2.33 bits per heavy atom. The number of H-pyrrole nitrogens is 2. The number of unbranched alkanes of at least 4 members (excludes halogenated alkanes) is 2. The molecular formula is C11H15N6O+. The van der Waals surface area contributed by atoms with Gasteiger partial charge in [-0.25, -0.2) is 19.3 Å². The second-order valence-electron chi connectivity index (χ2n) is 4.29. The van der Waals surface area contributed by atoms with Crippen molar-refractivity contribution < 1.29 is 4.98 Å². The average molecular weight is 247 g/mol. The topological polar surface area (TPSA) is 82.1 Å². The Kier molecular flexibility index (Phi) is 2.58. The Morgan fingerprint density at radius 3 is 3.17 bits per heavy atom. The van der Waals surface area contributed by atoms with Crippen molar-refractivity contribution in [2.24, 2.45) is 0 Å². The first-order valence-corrected chi connectivity index (χ1v) is 6.14. The quantitative estimate of drug-likeness (QED) is 0.676. The summed E-state index contributed by atoms with van der Waals surface area (Å²) in [6, 6.07) is 0. The SMILES string of the molecule is CCCCCn1c(=O)n2ncnc2c2[nH]c[nH+]c21. The van der Waals surface area contributed by atoms with Crippen molar-refractivity contribution in [3.63, 3.8) is 0 Å². The number of hydrogen-bond acceptors (Lipinski definition) is 3. The van der Waals surface area contributed by atoms with Crippen LogP contribution in [0.3, 0.4) is 0 Å². The predicted molar refractivity (Wildman–Crippen MR) is 65.2 cm³/mol. The summed E-state index contributed by atoms with van der Waals surface area (Å²) in [7, 11) is 0. The number of imidazole rings is 1. The molecule has 0 spiro atoms. The van der Waals surface area contributed by atoms with Crippen LogP contribution in [0, 0.1) is 0 Å². The third-order valence-corrected chi connectivity index (χ3v) is 3.10. The maximum atomic E-state index is 12.3. The standard InChI is InChI=1S/C11H14N6O/c1-2-3-4-5-16-9-8(12-6-13-9)10-14-7-15-17(10)11(16)18/h6-7H,2-5H2,1H3,(H,12,13)/p+1. The normalized spacial score (nSPS) is 11.6. The fourth-order valence-corrected chi connectivity index (χ4v) is 2.19. The van der Waals surface area contributed by atoms with E-state index in [0.29, 0.717) is 12.2 Å². The molecule has 0 fully saturated rings. The fourth-order valence-electron chi connectivity index (χ4n) is 2.19. The van der Waals surface area contributed by atoms with Crippen molar-refractivity contribution in [3.05, 3.63) is 23.1 Å². The highest BCUT2D eigenvalue weighted by Gasteiger charge is 2.18. The van der Waals surface area contributed by atoms with E-state index in [1.54, 1.807) is 10.9 Å². The minimum atomic E-state index is -0.151. The monoisotopic (exact) mass is 247 g/mol. The molecule has 18 heavy (non-hydrogen) atoms. The summed E-state index contributed by atoms with van der Waals surface area (Å²) in [5, 5.41) is 3.98. The van der Waals surface area contributed by atoms with Gasteiger partial charge in [0.1, 0.15) is 6.33 Å². The maximum absolute atomic E-state index is 12.3. The Balaban J connectivity index is 2.22. The zero-order chi connectivity index (χ0) is 12.5. The van der Waals surface area contributed by atoms with E-state index in [4.69, 9.17) is 0 Å². The summed E-state index contributed by atoms with van der Waals surface area (Å²) in [5.41, 5.74) is 1.99. The summed E-state index contributed by atoms with van der Waals surface area (Å²) < 4.78 is 3.04. The van der Waals surface area contributed by atoms with E-state index in [1.165, 1.54) is 10.8 Å². The molecule has 3 aromatic rings. The third-order valence-electron chi connectivity index (χ3n) is 3.10. The van der Waals surface area contributed by atoms with Crippen molar-refractivity contribution in [2.45, 2.75) is 32.7 Å². The molecule has 0 amide bonds. The summed E-state index contributed by atoms with van der Waals surface area (Å²) in [6.45, 7) is 2.83. The lowest BCUT2D eigenvalue weighted by molar-refractivity contribution is -0.349. The highest BCUT2D eigenvalue weighted by molar-refractivity contribution is 5.82. The number of aryl methyl sites for hydroxylation is 1. The second-order valence-corrected chi connectivity index (χ2v) is 4.29. The van der Waals surface area contributed by atoms with E-state index in [2.05, 4.69) is 27.0 Å². The molecule has 7 nitrogen and oxygen atoms in total. The van der Waals surface area contributed by atoms with Crippen molar-refractivity contribution in [2.75, 3.05) is 0 Å². The minimum absolute atomic E-state index is 0.151. The lowest BCUT2D eigenvalue weighted by Crippen LogP contribution is -2.30. The van der Waals surface area contributed by atoms with Gasteiger partial charge in [-0.05, 0) is 6.42 Å². The largest absolute Gasteiger partial charge is 0.409 e. The van der Waals surface area contributed by atoms with Crippen molar-refractivity contribution in [1.29, 1.82) is 0 Å². The van der Waals surface area contributed by atoms with Crippen molar-refractivity contribution in [1.82, 2.24) is 24.1 Å². The zero-order valence-corrected chi connectivity index (χ0v) is 10.2. The highest BCUT2D eigenvalue weighted by atomic mass is 16.2. The van der Waals surface area contributed by atoms with Gasteiger partial charge >= 0.3 is 5.69 Å². The highest BCUT2D eigenvalue weighted by Crippen LogP contribution is 2.09. The molecule has 0 atom stereocenters. The van der Waals surface area contributed by atoms with Gasteiger partial charge in [0, 0.05) is 0 Å². The fraction of sp³-hybridized carbons (Fsp3) is 0.455. The predicted octanol–water partition coefficient (Wildman–Crippen LogP) is 0.377. The van der Waals surface area contributed by atoms with Crippen LogP contribution in [0.1, 0.15) is 26.2 Å². The molecular weight excluding hydrogens is 232 g/mol. The second kappa shape index (κ2) is 4.25. The first kappa shape index (κ1) is 10.9. The van der Waals surface area contributed by atoms with Gasteiger partial charge in [0.05, 0.1) is 6.54 Å². The van der Waals surface area contributed by atoms with E-state index in [9.17, 15) is 4.79 Å². The van der Waals surface area contributed by atoms with Crippen molar-refractivity contribution >= 4 is 16.8 Å².